The first-order chi connectivity index (χ1) is 8.51. The highest BCUT2D eigenvalue weighted by molar-refractivity contribution is 9.10. The SMILES string of the molecule is COCc1cc(Br)c(F)c(C2(C(=O)O)CCC2)c1. The van der Waals surface area contributed by atoms with Crippen LogP contribution >= 0.6 is 15.9 Å². The second-order valence-electron chi connectivity index (χ2n) is 4.61. The molecule has 1 aliphatic rings. The first-order valence-electron chi connectivity index (χ1n) is 5.72. The number of ether oxygens (including phenoxy) is 1. The molecule has 0 saturated heterocycles. The molecule has 1 aromatic carbocycles. The van der Waals surface area contributed by atoms with Gasteiger partial charge in [0.1, 0.15) is 5.82 Å². The molecule has 0 bridgehead atoms. The zero-order chi connectivity index (χ0) is 13.3. The molecular weight excluding hydrogens is 303 g/mol. The lowest BCUT2D eigenvalue weighted by Gasteiger charge is -2.38. The predicted molar refractivity (Wildman–Crippen MR) is 68.0 cm³/mol. The van der Waals surface area contributed by atoms with Gasteiger partial charge in [0.25, 0.3) is 0 Å². The Hall–Kier alpha value is -0.940. The summed E-state index contributed by atoms with van der Waals surface area (Å²) in [6.07, 6.45) is 1.79. The van der Waals surface area contributed by atoms with Gasteiger partial charge in [-0.2, -0.15) is 0 Å². The maximum atomic E-state index is 14.1. The van der Waals surface area contributed by atoms with Crippen LogP contribution in [0.15, 0.2) is 16.6 Å². The van der Waals surface area contributed by atoms with E-state index in [2.05, 4.69) is 15.9 Å². The van der Waals surface area contributed by atoms with Crippen LogP contribution in [-0.2, 0) is 21.6 Å². The van der Waals surface area contributed by atoms with Gasteiger partial charge in [-0.15, -0.1) is 0 Å². The van der Waals surface area contributed by atoms with Crippen LogP contribution in [-0.4, -0.2) is 18.2 Å². The van der Waals surface area contributed by atoms with Crippen LogP contribution in [0.3, 0.4) is 0 Å². The maximum absolute atomic E-state index is 14.1. The minimum atomic E-state index is -1.06. The predicted octanol–water partition coefficient (Wildman–Crippen LogP) is 3.24. The third-order valence-corrected chi connectivity index (χ3v) is 4.11. The van der Waals surface area contributed by atoms with Gasteiger partial charge >= 0.3 is 5.97 Å². The van der Waals surface area contributed by atoms with Crippen LogP contribution in [0.5, 0.6) is 0 Å². The molecule has 3 nitrogen and oxygen atoms in total. The van der Waals surface area contributed by atoms with E-state index < -0.39 is 17.2 Å². The van der Waals surface area contributed by atoms with E-state index in [0.717, 1.165) is 12.0 Å². The van der Waals surface area contributed by atoms with Gasteiger partial charge in [-0.05, 0) is 46.5 Å². The highest BCUT2D eigenvalue weighted by atomic mass is 79.9. The van der Waals surface area contributed by atoms with E-state index >= 15 is 0 Å². The Balaban J connectivity index is 2.52. The summed E-state index contributed by atoms with van der Waals surface area (Å²) in [5.74, 6) is -1.42. The summed E-state index contributed by atoms with van der Waals surface area (Å²) in [6, 6.07) is 3.23. The van der Waals surface area contributed by atoms with Crippen LogP contribution < -0.4 is 0 Å². The van der Waals surface area contributed by atoms with Crippen LogP contribution in [0.1, 0.15) is 30.4 Å². The van der Waals surface area contributed by atoms with Crippen molar-refractivity contribution >= 4 is 21.9 Å². The molecule has 0 heterocycles. The highest BCUT2D eigenvalue weighted by Crippen LogP contribution is 2.46. The molecule has 2 rings (SSSR count). The Kier molecular flexibility index (Phi) is 3.73. The fourth-order valence-corrected chi connectivity index (χ4v) is 2.88. The molecule has 0 amide bonds. The molecule has 0 atom stereocenters. The summed E-state index contributed by atoms with van der Waals surface area (Å²) in [5.41, 5.74) is -0.0212. The molecule has 0 aromatic heterocycles. The number of benzene rings is 1. The van der Waals surface area contributed by atoms with E-state index in [1.165, 1.54) is 0 Å². The van der Waals surface area contributed by atoms with Crippen LogP contribution in [0.25, 0.3) is 0 Å². The molecule has 1 aromatic rings. The Morgan fingerprint density at radius 2 is 2.22 bits per heavy atom. The Morgan fingerprint density at radius 1 is 1.56 bits per heavy atom. The van der Waals surface area contributed by atoms with Crippen molar-refractivity contribution in [2.45, 2.75) is 31.3 Å². The first-order valence-corrected chi connectivity index (χ1v) is 6.51. The van der Waals surface area contributed by atoms with Crippen molar-refractivity contribution in [1.29, 1.82) is 0 Å². The van der Waals surface area contributed by atoms with Gasteiger partial charge in [-0.3, -0.25) is 4.79 Å². The summed E-state index contributed by atoms with van der Waals surface area (Å²) in [4.78, 5) is 11.4. The monoisotopic (exact) mass is 316 g/mol. The number of carbonyl (C=O) groups is 1. The minimum Gasteiger partial charge on any atom is -0.481 e. The average Bonchev–Trinajstić information content (AvgIpc) is 2.23. The van der Waals surface area contributed by atoms with E-state index in [1.807, 2.05) is 0 Å². The van der Waals surface area contributed by atoms with Crippen molar-refractivity contribution in [3.63, 3.8) is 0 Å². The van der Waals surface area contributed by atoms with Crippen LogP contribution in [0.2, 0.25) is 0 Å². The molecule has 98 valence electrons. The van der Waals surface area contributed by atoms with Crippen LogP contribution in [0, 0.1) is 5.82 Å². The normalized spacial score (nSPS) is 17.3. The summed E-state index contributed by atoms with van der Waals surface area (Å²) < 4.78 is 19.5. The second-order valence-corrected chi connectivity index (χ2v) is 5.47. The van der Waals surface area contributed by atoms with E-state index in [-0.39, 0.29) is 5.56 Å². The van der Waals surface area contributed by atoms with Crippen molar-refractivity contribution in [3.05, 3.63) is 33.5 Å². The van der Waals surface area contributed by atoms with Crippen molar-refractivity contribution in [2.75, 3.05) is 7.11 Å². The zero-order valence-corrected chi connectivity index (χ0v) is 11.6. The fourth-order valence-electron chi connectivity index (χ4n) is 2.37. The Labute approximate surface area is 113 Å². The lowest BCUT2D eigenvalue weighted by atomic mass is 9.64. The number of methoxy groups -OCH3 is 1. The fraction of sp³-hybridized carbons (Fsp3) is 0.462. The molecular formula is C13H14BrFO3. The number of rotatable bonds is 4. The number of hydrogen-bond donors (Lipinski definition) is 1. The lowest BCUT2D eigenvalue weighted by molar-refractivity contribution is -0.147. The largest absolute Gasteiger partial charge is 0.481 e. The van der Waals surface area contributed by atoms with Gasteiger partial charge in [0.15, 0.2) is 0 Å². The summed E-state index contributed by atoms with van der Waals surface area (Å²) in [7, 11) is 1.55. The van der Waals surface area contributed by atoms with Gasteiger partial charge in [-0.25, -0.2) is 4.39 Å². The molecule has 1 saturated carbocycles. The smallest absolute Gasteiger partial charge is 0.314 e. The molecule has 1 N–H and O–H groups in total. The van der Waals surface area contributed by atoms with Crippen molar-refractivity contribution < 1.29 is 19.0 Å². The van der Waals surface area contributed by atoms with Crippen molar-refractivity contribution in [2.24, 2.45) is 0 Å². The Morgan fingerprint density at radius 3 is 2.67 bits per heavy atom. The number of hydrogen-bond acceptors (Lipinski definition) is 2. The van der Waals surface area contributed by atoms with Gasteiger partial charge in [0.05, 0.1) is 16.5 Å². The molecule has 1 fully saturated rings. The minimum absolute atomic E-state index is 0.266. The Bertz CT molecular complexity index is 483. The quantitative estimate of drug-likeness (QED) is 0.927. The van der Waals surface area contributed by atoms with Gasteiger partial charge < -0.3 is 9.84 Å². The second kappa shape index (κ2) is 4.97. The number of carboxylic acid groups (broad SMARTS) is 1. The van der Waals surface area contributed by atoms with Gasteiger partial charge in [0.2, 0.25) is 0 Å². The molecule has 0 spiro atoms. The van der Waals surface area contributed by atoms with Gasteiger partial charge in [-0.1, -0.05) is 6.42 Å². The molecule has 0 unspecified atom stereocenters. The van der Waals surface area contributed by atoms with E-state index in [0.29, 0.717) is 23.9 Å². The van der Waals surface area contributed by atoms with E-state index in [9.17, 15) is 14.3 Å². The third kappa shape index (κ3) is 2.06. The first kappa shape index (κ1) is 13.5. The highest BCUT2D eigenvalue weighted by Gasteiger charge is 2.48. The van der Waals surface area contributed by atoms with Gasteiger partial charge in [0, 0.05) is 12.7 Å². The average molecular weight is 317 g/mol. The third-order valence-electron chi connectivity index (χ3n) is 3.53. The standard InChI is InChI=1S/C13H14BrFO3/c1-18-7-8-5-9(11(15)10(14)6-8)13(12(16)17)3-2-4-13/h5-6H,2-4,7H2,1H3,(H,16,17). The van der Waals surface area contributed by atoms with E-state index in [1.54, 1.807) is 19.2 Å². The molecule has 0 radical (unpaired) electrons. The molecule has 18 heavy (non-hydrogen) atoms. The maximum Gasteiger partial charge on any atom is 0.314 e. The molecule has 5 heteroatoms. The molecule has 0 aliphatic heterocycles. The van der Waals surface area contributed by atoms with Crippen molar-refractivity contribution in [1.82, 2.24) is 0 Å². The topological polar surface area (TPSA) is 46.5 Å². The summed E-state index contributed by atoms with van der Waals surface area (Å²) >= 11 is 3.14. The van der Waals surface area contributed by atoms with Crippen LogP contribution in [0.4, 0.5) is 4.39 Å². The van der Waals surface area contributed by atoms with Crippen molar-refractivity contribution in [3.8, 4) is 0 Å². The lowest BCUT2D eigenvalue weighted by Crippen LogP contribution is -2.43. The summed E-state index contributed by atoms with van der Waals surface area (Å²) in [5, 5.41) is 9.36. The number of aliphatic carboxylic acids is 1. The number of halogens is 2. The zero-order valence-electron chi connectivity index (χ0n) is 10.0. The number of carboxylic acids is 1. The molecule has 1 aliphatic carbocycles. The van der Waals surface area contributed by atoms with E-state index in [4.69, 9.17) is 4.74 Å². The summed E-state index contributed by atoms with van der Waals surface area (Å²) in [6.45, 7) is 0.335.